The van der Waals surface area contributed by atoms with Crippen LogP contribution < -0.4 is 10.2 Å². The van der Waals surface area contributed by atoms with E-state index in [0.29, 0.717) is 5.69 Å². The Morgan fingerprint density at radius 3 is 2.71 bits per heavy atom. The van der Waals surface area contributed by atoms with Gasteiger partial charge in [0, 0.05) is 26.2 Å². The Morgan fingerprint density at radius 2 is 2.00 bits per heavy atom. The summed E-state index contributed by atoms with van der Waals surface area (Å²) in [7, 11) is 0. The molecular formula is C10H13FN2O. The first-order valence-corrected chi connectivity index (χ1v) is 4.72. The molecule has 14 heavy (non-hydrogen) atoms. The Hall–Kier alpha value is -1.29. The molecule has 2 rings (SSSR count). The second kappa shape index (κ2) is 3.84. The molecule has 1 aromatic rings. The van der Waals surface area contributed by atoms with E-state index in [9.17, 15) is 9.50 Å². The average Bonchev–Trinajstić information content (AvgIpc) is 2.23. The predicted octanol–water partition coefficient (Wildman–Crippen LogP) is 0.941. The van der Waals surface area contributed by atoms with Gasteiger partial charge in [0.2, 0.25) is 0 Å². The van der Waals surface area contributed by atoms with E-state index in [1.807, 2.05) is 4.90 Å². The molecule has 1 saturated heterocycles. The van der Waals surface area contributed by atoms with E-state index in [4.69, 9.17) is 0 Å². The molecule has 1 heterocycles. The molecule has 76 valence electrons. The van der Waals surface area contributed by atoms with E-state index in [0.717, 1.165) is 26.2 Å². The van der Waals surface area contributed by atoms with Crippen molar-refractivity contribution in [2.24, 2.45) is 0 Å². The molecule has 0 aromatic heterocycles. The summed E-state index contributed by atoms with van der Waals surface area (Å²) in [6, 6.07) is 4.72. The number of hydrogen-bond acceptors (Lipinski definition) is 3. The number of phenolic OH excluding ortho intramolecular Hbond substituents is 1. The molecule has 0 radical (unpaired) electrons. The van der Waals surface area contributed by atoms with Gasteiger partial charge in [0.25, 0.3) is 0 Å². The van der Waals surface area contributed by atoms with Crippen LogP contribution >= 0.6 is 0 Å². The normalized spacial score (nSPS) is 17.1. The van der Waals surface area contributed by atoms with Crippen LogP contribution in [0.2, 0.25) is 0 Å². The van der Waals surface area contributed by atoms with Crippen molar-refractivity contribution >= 4 is 5.69 Å². The summed E-state index contributed by atoms with van der Waals surface area (Å²) in [6.07, 6.45) is 0. The van der Waals surface area contributed by atoms with Gasteiger partial charge in [0.05, 0.1) is 5.69 Å². The molecule has 0 amide bonds. The molecule has 1 fully saturated rings. The van der Waals surface area contributed by atoms with Gasteiger partial charge < -0.3 is 15.3 Å². The van der Waals surface area contributed by atoms with Gasteiger partial charge in [0.1, 0.15) is 0 Å². The summed E-state index contributed by atoms with van der Waals surface area (Å²) in [4.78, 5) is 1.94. The van der Waals surface area contributed by atoms with E-state index < -0.39 is 5.82 Å². The minimum atomic E-state index is -0.519. The van der Waals surface area contributed by atoms with Gasteiger partial charge in [-0.15, -0.1) is 0 Å². The third kappa shape index (κ3) is 1.65. The molecule has 0 spiro atoms. The van der Waals surface area contributed by atoms with Crippen LogP contribution in [0.4, 0.5) is 10.1 Å². The highest BCUT2D eigenvalue weighted by Gasteiger charge is 2.15. The molecular weight excluding hydrogens is 183 g/mol. The highest BCUT2D eigenvalue weighted by molar-refractivity contribution is 5.52. The van der Waals surface area contributed by atoms with Crippen molar-refractivity contribution in [2.45, 2.75) is 0 Å². The van der Waals surface area contributed by atoms with Crippen molar-refractivity contribution in [1.82, 2.24) is 5.32 Å². The zero-order chi connectivity index (χ0) is 9.97. The summed E-state index contributed by atoms with van der Waals surface area (Å²) >= 11 is 0. The number of anilines is 1. The molecule has 1 aliphatic rings. The van der Waals surface area contributed by atoms with Crippen molar-refractivity contribution in [3.63, 3.8) is 0 Å². The lowest BCUT2D eigenvalue weighted by atomic mass is 10.2. The van der Waals surface area contributed by atoms with Crippen LogP contribution in [-0.2, 0) is 0 Å². The summed E-state index contributed by atoms with van der Waals surface area (Å²) in [6.45, 7) is 3.27. The molecule has 0 saturated carbocycles. The quantitative estimate of drug-likeness (QED) is 0.701. The summed E-state index contributed by atoms with van der Waals surface area (Å²) in [5, 5.41) is 12.4. The van der Waals surface area contributed by atoms with E-state index in [-0.39, 0.29) is 5.75 Å². The molecule has 0 unspecified atom stereocenters. The molecule has 2 N–H and O–H groups in total. The summed E-state index contributed by atoms with van der Waals surface area (Å²) in [5.74, 6) is -0.796. The van der Waals surface area contributed by atoms with E-state index in [1.165, 1.54) is 6.07 Å². The second-order valence-corrected chi connectivity index (χ2v) is 3.35. The number of rotatable bonds is 1. The third-order valence-electron chi connectivity index (χ3n) is 2.42. The Bertz CT molecular complexity index is 324. The van der Waals surface area contributed by atoms with Gasteiger partial charge in [-0.05, 0) is 12.1 Å². The van der Waals surface area contributed by atoms with Gasteiger partial charge in [-0.1, -0.05) is 6.07 Å². The van der Waals surface area contributed by atoms with Crippen LogP contribution in [0, 0.1) is 5.82 Å². The Balaban J connectivity index is 2.26. The van der Waals surface area contributed by atoms with Crippen molar-refractivity contribution in [2.75, 3.05) is 31.1 Å². The number of aromatic hydroxyl groups is 1. The van der Waals surface area contributed by atoms with E-state index in [1.54, 1.807) is 12.1 Å². The van der Waals surface area contributed by atoms with Crippen LogP contribution in [0.5, 0.6) is 5.75 Å². The maximum Gasteiger partial charge on any atom is 0.188 e. The lowest BCUT2D eigenvalue weighted by Gasteiger charge is -2.29. The molecule has 0 atom stereocenters. The zero-order valence-electron chi connectivity index (χ0n) is 7.83. The number of nitrogens with one attached hydrogen (secondary N) is 1. The van der Waals surface area contributed by atoms with Crippen molar-refractivity contribution in [3.8, 4) is 5.75 Å². The number of benzene rings is 1. The molecule has 0 aliphatic carbocycles. The second-order valence-electron chi connectivity index (χ2n) is 3.35. The maximum absolute atomic E-state index is 13.5. The molecule has 1 aromatic carbocycles. The predicted molar refractivity (Wildman–Crippen MR) is 53.1 cm³/mol. The molecule has 0 bridgehead atoms. The van der Waals surface area contributed by atoms with Crippen molar-refractivity contribution in [1.29, 1.82) is 0 Å². The van der Waals surface area contributed by atoms with Gasteiger partial charge >= 0.3 is 0 Å². The van der Waals surface area contributed by atoms with Crippen LogP contribution in [0.25, 0.3) is 0 Å². The van der Waals surface area contributed by atoms with E-state index >= 15 is 0 Å². The number of nitrogens with zero attached hydrogens (tertiary/aromatic N) is 1. The van der Waals surface area contributed by atoms with E-state index in [2.05, 4.69) is 5.32 Å². The topological polar surface area (TPSA) is 35.5 Å². The Kier molecular flexibility index (Phi) is 2.54. The fraction of sp³-hybridized carbons (Fsp3) is 0.400. The smallest absolute Gasteiger partial charge is 0.188 e. The van der Waals surface area contributed by atoms with Crippen molar-refractivity contribution < 1.29 is 9.50 Å². The van der Waals surface area contributed by atoms with Gasteiger partial charge in [-0.2, -0.15) is 0 Å². The molecule has 4 heteroatoms. The fourth-order valence-corrected chi connectivity index (χ4v) is 1.66. The minimum absolute atomic E-state index is 0.277. The van der Waals surface area contributed by atoms with Crippen molar-refractivity contribution in [3.05, 3.63) is 24.0 Å². The maximum atomic E-state index is 13.5. The Labute approximate surface area is 82.2 Å². The zero-order valence-corrected chi connectivity index (χ0v) is 7.83. The third-order valence-corrected chi connectivity index (χ3v) is 2.42. The first kappa shape index (κ1) is 9.27. The van der Waals surface area contributed by atoms with Gasteiger partial charge in [-0.3, -0.25) is 0 Å². The van der Waals surface area contributed by atoms with Crippen LogP contribution in [0.15, 0.2) is 18.2 Å². The largest absolute Gasteiger partial charge is 0.505 e. The van der Waals surface area contributed by atoms with Crippen LogP contribution in [0.1, 0.15) is 0 Å². The minimum Gasteiger partial charge on any atom is -0.505 e. The first-order valence-electron chi connectivity index (χ1n) is 4.72. The number of piperazine rings is 1. The molecule has 3 nitrogen and oxygen atoms in total. The molecule has 1 aliphatic heterocycles. The summed E-state index contributed by atoms with van der Waals surface area (Å²) < 4.78 is 13.5. The highest BCUT2D eigenvalue weighted by atomic mass is 19.1. The Morgan fingerprint density at radius 1 is 1.29 bits per heavy atom. The van der Waals surface area contributed by atoms with Crippen LogP contribution in [-0.4, -0.2) is 31.3 Å². The average molecular weight is 196 g/mol. The first-order chi connectivity index (χ1) is 6.79. The van der Waals surface area contributed by atoms with Gasteiger partial charge in [0.15, 0.2) is 11.6 Å². The number of halogens is 1. The fourth-order valence-electron chi connectivity index (χ4n) is 1.66. The monoisotopic (exact) mass is 196 g/mol. The number of phenols is 1. The summed E-state index contributed by atoms with van der Waals surface area (Å²) in [5.41, 5.74) is 0.492. The van der Waals surface area contributed by atoms with Crippen LogP contribution in [0.3, 0.4) is 0 Å². The lowest BCUT2D eigenvalue weighted by molar-refractivity contribution is 0.431. The number of hydrogen-bond donors (Lipinski definition) is 2. The standard InChI is InChI=1S/C10H13FN2O/c11-10-8(2-1-3-9(10)14)13-6-4-12-5-7-13/h1-3,12,14H,4-7H2. The highest BCUT2D eigenvalue weighted by Crippen LogP contribution is 2.26. The van der Waals surface area contributed by atoms with Gasteiger partial charge in [-0.25, -0.2) is 4.39 Å². The lowest BCUT2D eigenvalue weighted by Crippen LogP contribution is -2.43. The SMILES string of the molecule is Oc1cccc(N2CCNCC2)c1F.